The Kier molecular flexibility index (Phi) is 21.6. The van der Waals surface area contributed by atoms with Crippen LogP contribution >= 0.6 is 0 Å². The van der Waals surface area contributed by atoms with Crippen molar-refractivity contribution >= 4 is 59.1 Å². The van der Waals surface area contributed by atoms with Gasteiger partial charge in [-0.1, -0.05) is 84.9 Å². The van der Waals surface area contributed by atoms with Gasteiger partial charge in [0.15, 0.2) is 0 Å². The van der Waals surface area contributed by atoms with Crippen LogP contribution in [0.3, 0.4) is 0 Å². The molecular weight excluding hydrogens is 937 g/mol. The molecule has 24 nitrogen and oxygen atoms in total. The Morgan fingerprint density at radius 3 is 1.03 bits per heavy atom. The summed E-state index contributed by atoms with van der Waals surface area (Å²) >= 11 is 0. The topological polar surface area (TPSA) is 411 Å². The molecule has 0 bridgehead atoms. The van der Waals surface area contributed by atoms with E-state index in [1.165, 1.54) is 24.3 Å². The largest absolute Gasteiger partial charge is 0.508 e. The van der Waals surface area contributed by atoms with Gasteiger partial charge in [0.2, 0.25) is 47.3 Å². The molecule has 0 aliphatic carbocycles. The van der Waals surface area contributed by atoms with E-state index in [1.54, 1.807) is 84.9 Å². The van der Waals surface area contributed by atoms with Gasteiger partial charge in [-0.05, 0) is 59.4 Å². The molecule has 6 atom stereocenters. The van der Waals surface area contributed by atoms with Crippen molar-refractivity contribution in [1.82, 2.24) is 42.8 Å². The molecule has 4 rings (SSSR count). The first-order valence-corrected chi connectivity index (χ1v) is 22.3. The number of phenolic OH excluding ortho intramolecular Hbond substituents is 2. The van der Waals surface area contributed by atoms with Crippen LogP contribution in [0.5, 0.6) is 11.5 Å². The highest BCUT2D eigenvalue weighted by molar-refractivity contribution is 5.97. The molecule has 0 aliphatic heterocycles. The monoisotopic (exact) mass is 994 g/mol. The van der Waals surface area contributed by atoms with E-state index in [1.807, 2.05) is 0 Å². The number of primary amides is 2. The lowest BCUT2D eigenvalue weighted by Crippen LogP contribution is -2.59. The minimum Gasteiger partial charge on any atom is -0.508 e. The van der Waals surface area contributed by atoms with E-state index in [4.69, 9.17) is 22.9 Å². The zero-order valence-electron chi connectivity index (χ0n) is 38.8. The molecule has 382 valence electrons. The molecule has 0 unspecified atom stereocenters. The lowest BCUT2D eigenvalue weighted by Gasteiger charge is -2.23. The van der Waals surface area contributed by atoms with Crippen LogP contribution in [0.1, 0.15) is 35.1 Å². The zero-order chi connectivity index (χ0) is 52.7. The highest BCUT2D eigenvalue weighted by Crippen LogP contribution is 2.13. The van der Waals surface area contributed by atoms with Gasteiger partial charge in [-0.2, -0.15) is 0 Å². The molecule has 10 amide bonds. The van der Waals surface area contributed by atoms with Gasteiger partial charge in [-0.15, -0.1) is 0 Å². The number of aromatic hydroxyl groups is 2. The van der Waals surface area contributed by atoms with Crippen molar-refractivity contribution in [1.29, 1.82) is 0 Å². The summed E-state index contributed by atoms with van der Waals surface area (Å²) in [6, 6.07) is 20.4. The third-order valence-corrected chi connectivity index (χ3v) is 10.6. The average Bonchev–Trinajstić information content (AvgIpc) is 3.34. The molecule has 0 fully saturated rings. The van der Waals surface area contributed by atoms with E-state index in [-0.39, 0.29) is 37.2 Å². The predicted octanol–water partition coefficient (Wildman–Crippen LogP) is -3.91. The van der Waals surface area contributed by atoms with E-state index in [0.29, 0.717) is 22.3 Å². The van der Waals surface area contributed by atoms with Gasteiger partial charge in [-0.3, -0.25) is 58.8 Å². The fraction of sp³-hybridized carbons (Fsp3) is 0.292. The lowest BCUT2D eigenvalue weighted by atomic mass is 10.0. The van der Waals surface area contributed by atoms with Gasteiger partial charge < -0.3 is 65.0 Å². The second kappa shape index (κ2) is 27.9. The van der Waals surface area contributed by atoms with Crippen LogP contribution in [0.25, 0.3) is 0 Å². The Hall–Kier alpha value is -8.90. The first-order valence-electron chi connectivity index (χ1n) is 22.3. The maximum Gasteiger partial charge on any atom is 0.261 e. The minimum atomic E-state index is -1.53. The molecule has 0 radical (unpaired) electrons. The summed E-state index contributed by atoms with van der Waals surface area (Å²) in [5.74, 6) is -9.15. The van der Waals surface area contributed by atoms with Gasteiger partial charge in [0.25, 0.3) is 11.8 Å². The number of nitrogens with two attached hydrogens (primary N) is 4. The number of hydrogen-bond acceptors (Lipinski definition) is 14. The van der Waals surface area contributed by atoms with E-state index < -0.39 is 121 Å². The zero-order valence-corrected chi connectivity index (χ0v) is 38.8. The van der Waals surface area contributed by atoms with Gasteiger partial charge in [-0.25, -0.2) is 0 Å². The van der Waals surface area contributed by atoms with Crippen LogP contribution in [-0.2, 0) is 73.6 Å². The summed E-state index contributed by atoms with van der Waals surface area (Å²) in [6.45, 7) is -1.50. The SMILES string of the molecule is NC(=O)C[C@@H](NC(=O)[C@@H](N)Cc1ccc(O)cc1)C(=O)NCC(=O)N[C@@H](Cc1ccccc1)C(=O)NNC(=O)[C@H](Cc1ccccc1)NC(=O)CNC(=O)[C@@H](CC(N)=O)NC(=O)[C@@H](N)Cc1ccc(O)cc1. The fourth-order valence-electron chi connectivity index (χ4n) is 6.82. The highest BCUT2D eigenvalue weighted by Gasteiger charge is 2.30. The Morgan fingerprint density at radius 2 is 0.708 bits per heavy atom. The molecule has 0 saturated carbocycles. The number of nitrogens with one attached hydrogen (secondary N) is 8. The minimum absolute atomic E-state index is 0.000545. The van der Waals surface area contributed by atoms with Crippen molar-refractivity contribution in [2.75, 3.05) is 13.1 Å². The summed E-state index contributed by atoms with van der Waals surface area (Å²) in [6.07, 6.45) is -1.51. The van der Waals surface area contributed by atoms with Crippen molar-refractivity contribution in [3.05, 3.63) is 131 Å². The predicted molar refractivity (Wildman–Crippen MR) is 258 cm³/mol. The molecule has 0 aliphatic rings. The molecule has 0 saturated heterocycles. The Bertz CT molecular complexity index is 2360. The summed E-state index contributed by atoms with van der Waals surface area (Å²) < 4.78 is 0. The van der Waals surface area contributed by atoms with Crippen LogP contribution in [0.4, 0.5) is 0 Å². The normalized spacial score (nSPS) is 13.2. The van der Waals surface area contributed by atoms with Crippen LogP contribution in [0.2, 0.25) is 0 Å². The molecule has 4 aromatic carbocycles. The Morgan fingerprint density at radius 1 is 0.389 bits per heavy atom. The smallest absolute Gasteiger partial charge is 0.261 e. The van der Waals surface area contributed by atoms with Crippen molar-refractivity contribution in [3.8, 4) is 11.5 Å². The summed E-state index contributed by atoms with van der Waals surface area (Å²) in [5, 5.41) is 33.3. The standard InChI is InChI=1S/C48H58N12O12/c49-33(19-29-11-15-31(61)16-12-29)43(67)57-37(23-39(51)63)45(69)53-25-41(65)55-35(21-27-7-3-1-4-8-27)47(71)59-60-48(72)36(22-28-9-5-2-6-10-28)56-42(66)26-54-46(70)38(24-40(52)64)58-44(68)34(50)20-30-13-17-32(62)18-14-30/h1-18,33-38,61-62H,19-26,49-50H2,(H2,51,63)(H2,52,64)(H,53,69)(H,54,70)(H,55,65)(H,56,66)(H,57,67)(H,58,68)(H,59,71)(H,60,72)/t33-,34-,35-,36-,37+,38+/m0/s1. The third kappa shape index (κ3) is 19.6. The number of rotatable bonds is 26. The average molecular weight is 995 g/mol. The summed E-state index contributed by atoms with van der Waals surface area (Å²) in [5.41, 5.74) is 29.5. The van der Waals surface area contributed by atoms with Gasteiger partial charge >= 0.3 is 0 Å². The Labute approximate surface area is 412 Å². The molecule has 0 aromatic heterocycles. The molecule has 0 spiro atoms. The van der Waals surface area contributed by atoms with Gasteiger partial charge in [0.05, 0.1) is 38.0 Å². The number of carbonyl (C=O) groups is 10. The number of carbonyl (C=O) groups excluding carboxylic acids is 10. The van der Waals surface area contributed by atoms with E-state index in [0.717, 1.165) is 0 Å². The summed E-state index contributed by atoms with van der Waals surface area (Å²) in [4.78, 5) is 130. The first kappa shape index (κ1) is 55.7. The summed E-state index contributed by atoms with van der Waals surface area (Å²) in [7, 11) is 0. The molecular formula is C48H58N12O12. The second-order valence-electron chi connectivity index (χ2n) is 16.5. The van der Waals surface area contributed by atoms with Crippen molar-refractivity contribution in [2.45, 2.75) is 74.8 Å². The van der Waals surface area contributed by atoms with Crippen molar-refractivity contribution in [3.63, 3.8) is 0 Å². The maximum absolute atomic E-state index is 13.7. The quantitative estimate of drug-likeness (QED) is 0.0268. The number of benzene rings is 4. The number of hydrogen-bond donors (Lipinski definition) is 14. The molecule has 18 N–H and O–H groups in total. The number of phenols is 2. The fourth-order valence-corrected chi connectivity index (χ4v) is 6.82. The maximum atomic E-state index is 13.7. The lowest BCUT2D eigenvalue weighted by molar-refractivity contribution is -0.135. The van der Waals surface area contributed by atoms with Crippen LogP contribution in [-0.4, -0.2) is 119 Å². The van der Waals surface area contributed by atoms with Crippen molar-refractivity contribution < 1.29 is 58.2 Å². The molecule has 4 aromatic rings. The van der Waals surface area contributed by atoms with E-state index in [2.05, 4.69) is 42.8 Å². The number of hydrazine groups is 1. The number of amides is 10. The van der Waals surface area contributed by atoms with E-state index >= 15 is 0 Å². The van der Waals surface area contributed by atoms with Crippen LogP contribution < -0.4 is 65.7 Å². The van der Waals surface area contributed by atoms with Crippen LogP contribution in [0, 0.1) is 0 Å². The molecule has 24 heteroatoms. The van der Waals surface area contributed by atoms with Crippen molar-refractivity contribution in [2.24, 2.45) is 22.9 Å². The second-order valence-corrected chi connectivity index (χ2v) is 16.5. The Balaban J connectivity index is 1.38. The molecule has 72 heavy (non-hydrogen) atoms. The molecule has 0 heterocycles. The van der Waals surface area contributed by atoms with Gasteiger partial charge in [0, 0.05) is 12.8 Å². The van der Waals surface area contributed by atoms with E-state index in [9.17, 15) is 58.2 Å². The van der Waals surface area contributed by atoms with Gasteiger partial charge in [0.1, 0.15) is 35.7 Å². The first-order chi connectivity index (χ1) is 34.3. The highest BCUT2D eigenvalue weighted by atomic mass is 16.3. The third-order valence-electron chi connectivity index (χ3n) is 10.6. The van der Waals surface area contributed by atoms with Crippen LogP contribution in [0.15, 0.2) is 109 Å².